The molecule has 128 valence electrons. The van der Waals surface area contributed by atoms with Crippen molar-refractivity contribution in [3.8, 4) is 5.69 Å². The molecule has 0 radical (unpaired) electrons. The third kappa shape index (κ3) is 2.11. The van der Waals surface area contributed by atoms with E-state index in [1.54, 1.807) is 0 Å². The highest BCUT2D eigenvalue weighted by Crippen LogP contribution is 2.40. The van der Waals surface area contributed by atoms with E-state index >= 15 is 0 Å². The molecule has 0 saturated heterocycles. The highest BCUT2D eigenvalue weighted by atomic mass is 35.5. The summed E-state index contributed by atoms with van der Waals surface area (Å²) in [6, 6.07) is 30.0. The van der Waals surface area contributed by atoms with Crippen molar-refractivity contribution in [2.75, 3.05) is 0 Å². The van der Waals surface area contributed by atoms with Gasteiger partial charge in [-0.3, -0.25) is 0 Å². The normalized spacial score (nSPS) is 11.9. The summed E-state index contributed by atoms with van der Waals surface area (Å²) in [5.74, 6) is 0. The van der Waals surface area contributed by atoms with Gasteiger partial charge in [0.15, 0.2) is 0 Å². The van der Waals surface area contributed by atoms with Crippen LogP contribution in [0.5, 0.6) is 0 Å². The number of aromatic nitrogens is 1. The molecule has 0 aliphatic carbocycles. The summed E-state index contributed by atoms with van der Waals surface area (Å²) in [5, 5.41) is 5.85. The lowest BCUT2D eigenvalue weighted by atomic mass is 10.1. The fraction of sp³-hybridized carbons (Fsp3) is 0. The molecule has 1 nitrogen and oxygen atoms in total. The van der Waals surface area contributed by atoms with Crippen LogP contribution in [0.25, 0.3) is 47.7 Å². The molecular formula is C24H14ClNS. The minimum absolute atomic E-state index is 0.758. The second kappa shape index (κ2) is 5.59. The van der Waals surface area contributed by atoms with Gasteiger partial charge in [0.2, 0.25) is 0 Å². The summed E-state index contributed by atoms with van der Waals surface area (Å²) in [6.07, 6.45) is 0. The van der Waals surface area contributed by atoms with Gasteiger partial charge in [0.05, 0.1) is 16.7 Å². The smallest absolute Gasteiger partial charge is 0.0556 e. The van der Waals surface area contributed by atoms with Gasteiger partial charge in [-0.05, 0) is 36.4 Å². The van der Waals surface area contributed by atoms with Gasteiger partial charge in [0.25, 0.3) is 0 Å². The molecule has 0 aliphatic heterocycles. The molecule has 0 fully saturated rings. The Morgan fingerprint density at radius 3 is 2.30 bits per heavy atom. The van der Waals surface area contributed by atoms with Crippen LogP contribution in [0.4, 0.5) is 0 Å². The van der Waals surface area contributed by atoms with Crippen molar-refractivity contribution in [2.45, 2.75) is 0 Å². The third-order valence-electron chi connectivity index (χ3n) is 5.26. The quantitative estimate of drug-likeness (QED) is 0.273. The van der Waals surface area contributed by atoms with E-state index in [1.165, 1.54) is 42.1 Å². The first kappa shape index (κ1) is 15.3. The van der Waals surface area contributed by atoms with E-state index in [-0.39, 0.29) is 0 Å². The van der Waals surface area contributed by atoms with Crippen molar-refractivity contribution in [1.82, 2.24) is 4.57 Å². The Morgan fingerprint density at radius 2 is 1.37 bits per heavy atom. The van der Waals surface area contributed by atoms with E-state index in [2.05, 4.69) is 83.4 Å². The van der Waals surface area contributed by atoms with E-state index < -0.39 is 0 Å². The highest BCUT2D eigenvalue weighted by Gasteiger charge is 2.16. The molecule has 27 heavy (non-hydrogen) atoms. The van der Waals surface area contributed by atoms with E-state index in [1.807, 2.05) is 17.4 Å². The van der Waals surface area contributed by atoms with Gasteiger partial charge in [-0.1, -0.05) is 60.1 Å². The van der Waals surface area contributed by atoms with E-state index in [9.17, 15) is 0 Å². The van der Waals surface area contributed by atoms with E-state index in [0.29, 0.717) is 0 Å². The fourth-order valence-electron chi connectivity index (χ4n) is 4.15. The molecule has 2 heterocycles. The lowest BCUT2D eigenvalue weighted by molar-refractivity contribution is 1.20. The summed E-state index contributed by atoms with van der Waals surface area (Å²) in [7, 11) is 0. The van der Waals surface area contributed by atoms with Crippen LogP contribution >= 0.6 is 22.9 Å². The molecule has 6 aromatic rings. The molecule has 4 aromatic carbocycles. The van der Waals surface area contributed by atoms with Crippen LogP contribution in [0.3, 0.4) is 0 Å². The van der Waals surface area contributed by atoms with Crippen LogP contribution in [0, 0.1) is 0 Å². The predicted octanol–water partition coefficient (Wildman–Crippen LogP) is 7.81. The van der Waals surface area contributed by atoms with Crippen LogP contribution in [0.1, 0.15) is 0 Å². The average Bonchev–Trinajstić information content (AvgIpc) is 3.23. The zero-order valence-electron chi connectivity index (χ0n) is 14.3. The number of para-hydroxylation sites is 1. The third-order valence-corrected chi connectivity index (χ3v) is 6.63. The second-order valence-electron chi connectivity index (χ2n) is 6.76. The lowest BCUT2D eigenvalue weighted by Gasteiger charge is -2.10. The molecule has 3 heteroatoms. The number of fused-ring (bicyclic) bond motifs is 6. The first-order valence-electron chi connectivity index (χ1n) is 8.90. The maximum atomic E-state index is 6.39. The fourth-order valence-corrected chi connectivity index (χ4v) is 5.44. The summed E-state index contributed by atoms with van der Waals surface area (Å²) >= 11 is 8.23. The Morgan fingerprint density at radius 1 is 0.630 bits per heavy atom. The molecule has 0 saturated carbocycles. The lowest BCUT2D eigenvalue weighted by Crippen LogP contribution is -1.94. The zero-order valence-corrected chi connectivity index (χ0v) is 15.9. The number of hydrogen-bond donors (Lipinski definition) is 0. The summed E-state index contributed by atoms with van der Waals surface area (Å²) < 4.78 is 4.98. The monoisotopic (exact) mass is 383 g/mol. The Balaban J connectivity index is 1.87. The predicted molar refractivity (Wildman–Crippen MR) is 119 cm³/mol. The van der Waals surface area contributed by atoms with Crippen molar-refractivity contribution in [2.24, 2.45) is 0 Å². The van der Waals surface area contributed by atoms with Crippen molar-refractivity contribution in [3.63, 3.8) is 0 Å². The zero-order chi connectivity index (χ0) is 18.0. The van der Waals surface area contributed by atoms with Crippen LogP contribution in [-0.4, -0.2) is 4.57 Å². The number of rotatable bonds is 1. The Hall–Kier alpha value is -2.81. The Kier molecular flexibility index (Phi) is 3.16. The first-order chi connectivity index (χ1) is 13.3. The average molecular weight is 384 g/mol. The molecule has 0 spiro atoms. The van der Waals surface area contributed by atoms with Crippen LogP contribution in [0.15, 0.2) is 84.9 Å². The van der Waals surface area contributed by atoms with E-state index in [4.69, 9.17) is 11.6 Å². The highest BCUT2D eigenvalue weighted by molar-refractivity contribution is 7.25. The van der Waals surface area contributed by atoms with Gasteiger partial charge < -0.3 is 4.57 Å². The summed E-state index contributed by atoms with van der Waals surface area (Å²) in [5.41, 5.74) is 3.56. The number of thiophene rings is 1. The van der Waals surface area contributed by atoms with Crippen molar-refractivity contribution < 1.29 is 0 Å². The standard InChI is InChI=1S/C24H14ClNS/c25-15-12-13-17-16-6-1-3-8-19(16)26(21(17)14-15)20-9-5-11-23-24(20)18-7-2-4-10-22(18)27-23/h1-14H. The Bertz CT molecular complexity index is 1490. The summed E-state index contributed by atoms with van der Waals surface area (Å²) in [6.45, 7) is 0. The molecule has 2 aromatic heterocycles. The van der Waals surface area contributed by atoms with Crippen LogP contribution in [0.2, 0.25) is 5.02 Å². The molecular weight excluding hydrogens is 370 g/mol. The van der Waals surface area contributed by atoms with Gasteiger partial charge in [-0.15, -0.1) is 11.3 Å². The number of halogens is 1. The number of benzene rings is 4. The summed E-state index contributed by atoms with van der Waals surface area (Å²) in [4.78, 5) is 0. The van der Waals surface area contributed by atoms with E-state index in [0.717, 1.165) is 10.5 Å². The molecule has 0 atom stereocenters. The largest absolute Gasteiger partial charge is 0.309 e. The van der Waals surface area contributed by atoms with Crippen LogP contribution < -0.4 is 0 Å². The van der Waals surface area contributed by atoms with Gasteiger partial charge in [0, 0.05) is 36.0 Å². The molecule has 6 rings (SSSR count). The SMILES string of the molecule is Clc1ccc2c3ccccc3n(-c3cccc4sc5ccccc5c34)c2c1. The van der Waals surface area contributed by atoms with Crippen molar-refractivity contribution in [1.29, 1.82) is 0 Å². The molecule has 0 amide bonds. The topological polar surface area (TPSA) is 4.93 Å². The second-order valence-corrected chi connectivity index (χ2v) is 8.28. The number of hydrogen-bond acceptors (Lipinski definition) is 1. The minimum atomic E-state index is 0.758. The Labute approximate surface area is 165 Å². The molecule has 0 N–H and O–H groups in total. The van der Waals surface area contributed by atoms with Gasteiger partial charge in [-0.25, -0.2) is 0 Å². The number of nitrogens with zero attached hydrogens (tertiary/aromatic N) is 1. The first-order valence-corrected chi connectivity index (χ1v) is 10.1. The maximum absolute atomic E-state index is 6.39. The van der Waals surface area contributed by atoms with Gasteiger partial charge in [-0.2, -0.15) is 0 Å². The van der Waals surface area contributed by atoms with Gasteiger partial charge in [0.1, 0.15) is 0 Å². The van der Waals surface area contributed by atoms with Crippen molar-refractivity contribution >= 4 is 64.9 Å². The molecule has 0 bridgehead atoms. The molecule has 0 unspecified atom stereocenters. The van der Waals surface area contributed by atoms with Crippen LogP contribution in [-0.2, 0) is 0 Å². The van der Waals surface area contributed by atoms with Gasteiger partial charge >= 0.3 is 0 Å². The molecule has 0 aliphatic rings. The maximum Gasteiger partial charge on any atom is 0.0556 e. The van der Waals surface area contributed by atoms with Crippen molar-refractivity contribution in [3.05, 3.63) is 90.0 Å². The minimum Gasteiger partial charge on any atom is -0.309 e.